The Morgan fingerprint density at radius 3 is 2.55 bits per heavy atom. The molecule has 7 nitrogen and oxygen atoms in total. The molecular weight excluding hydrogens is 460 g/mol. The minimum Gasteiger partial charge on any atom is -0.337 e. The molecule has 1 amide bonds. The van der Waals surface area contributed by atoms with Crippen LogP contribution in [-0.4, -0.2) is 36.1 Å². The smallest absolute Gasteiger partial charge is 0.261 e. The Labute approximate surface area is 197 Å². The molecule has 0 spiro atoms. The summed E-state index contributed by atoms with van der Waals surface area (Å²) < 4.78 is 29.8. The van der Waals surface area contributed by atoms with Crippen LogP contribution >= 0.6 is 11.6 Å². The number of amides is 1. The van der Waals surface area contributed by atoms with Crippen LogP contribution in [0.2, 0.25) is 5.02 Å². The minimum absolute atomic E-state index is 0.0152. The van der Waals surface area contributed by atoms with Crippen LogP contribution in [0, 0.1) is 0 Å². The van der Waals surface area contributed by atoms with Gasteiger partial charge in [0.2, 0.25) is 0 Å². The highest BCUT2D eigenvalue weighted by Gasteiger charge is 2.19. The van der Waals surface area contributed by atoms with E-state index in [0.29, 0.717) is 17.3 Å². The third-order valence-electron chi connectivity index (χ3n) is 4.89. The number of para-hydroxylation sites is 1. The van der Waals surface area contributed by atoms with E-state index in [1.54, 1.807) is 48.3 Å². The van der Waals surface area contributed by atoms with Gasteiger partial charge in [0.1, 0.15) is 0 Å². The Morgan fingerprint density at radius 2 is 1.79 bits per heavy atom. The molecule has 0 radical (unpaired) electrons. The van der Waals surface area contributed by atoms with Crippen molar-refractivity contribution in [1.29, 1.82) is 0 Å². The topological polar surface area (TPSA) is 84.3 Å². The SMILES string of the molecule is CN(Cc1cnn(-c2ccccc2)c1)C(=O)c1cccc(S(=O)(=O)Nc2cccc(Cl)c2)c1. The molecule has 0 atom stereocenters. The monoisotopic (exact) mass is 480 g/mol. The fraction of sp³-hybridized carbons (Fsp3) is 0.0833. The summed E-state index contributed by atoms with van der Waals surface area (Å²) in [5, 5.41) is 4.76. The van der Waals surface area contributed by atoms with E-state index in [2.05, 4.69) is 9.82 Å². The number of rotatable bonds is 7. The average molecular weight is 481 g/mol. The Balaban J connectivity index is 1.48. The molecule has 0 aliphatic carbocycles. The number of carbonyl (C=O) groups excluding carboxylic acids is 1. The van der Waals surface area contributed by atoms with Crippen LogP contribution in [0.3, 0.4) is 0 Å². The van der Waals surface area contributed by atoms with E-state index in [0.717, 1.165) is 11.3 Å². The zero-order valence-corrected chi connectivity index (χ0v) is 19.3. The lowest BCUT2D eigenvalue weighted by Crippen LogP contribution is -2.26. The van der Waals surface area contributed by atoms with Crippen molar-refractivity contribution >= 4 is 33.2 Å². The molecule has 9 heteroatoms. The first-order valence-corrected chi connectivity index (χ1v) is 11.9. The average Bonchev–Trinajstić information content (AvgIpc) is 3.27. The molecule has 1 aromatic heterocycles. The molecule has 4 rings (SSSR count). The van der Waals surface area contributed by atoms with Gasteiger partial charge >= 0.3 is 0 Å². The van der Waals surface area contributed by atoms with Crippen LogP contribution in [0.5, 0.6) is 0 Å². The van der Waals surface area contributed by atoms with Crippen molar-refractivity contribution in [2.45, 2.75) is 11.4 Å². The first kappa shape index (κ1) is 22.6. The summed E-state index contributed by atoms with van der Waals surface area (Å²) in [4.78, 5) is 14.5. The van der Waals surface area contributed by atoms with Crippen LogP contribution in [0.15, 0.2) is 96.2 Å². The van der Waals surface area contributed by atoms with Crippen molar-refractivity contribution < 1.29 is 13.2 Å². The second-order valence-corrected chi connectivity index (χ2v) is 9.55. The third kappa shape index (κ3) is 5.42. The van der Waals surface area contributed by atoms with E-state index >= 15 is 0 Å². The quantitative estimate of drug-likeness (QED) is 0.419. The number of carbonyl (C=O) groups is 1. The van der Waals surface area contributed by atoms with Crippen molar-refractivity contribution in [3.8, 4) is 5.69 Å². The highest BCUT2D eigenvalue weighted by atomic mass is 35.5. The Bertz CT molecular complexity index is 1390. The number of nitrogens with one attached hydrogen (secondary N) is 1. The maximum absolute atomic E-state index is 13.0. The van der Waals surface area contributed by atoms with Gasteiger partial charge in [-0.2, -0.15) is 5.10 Å². The second kappa shape index (κ2) is 9.48. The Morgan fingerprint density at radius 1 is 1.03 bits per heavy atom. The Hall–Kier alpha value is -3.62. The minimum atomic E-state index is -3.89. The molecule has 0 fully saturated rings. The molecule has 0 saturated carbocycles. The highest BCUT2D eigenvalue weighted by molar-refractivity contribution is 7.92. The van der Waals surface area contributed by atoms with E-state index in [-0.39, 0.29) is 16.4 Å². The van der Waals surface area contributed by atoms with Crippen LogP contribution < -0.4 is 4.72 Å². The molecule has 0 unspecified atom stereocenters. The first-order valence-electron chi connectivity index (χ1n) is 10.0. The summed E-state index contributed by atoms with van der Waals surface area (Å²) in [6.07, 6.45) is 3.56. The van der Waals surface area contributed by atoms with Crippen molar-refractivity contribution in [3.63, 3.8) is 0 Å². The highest BCUT2D eigenvalue weighted by Crippen LogP contribution is 2.21. The van der Waals surface area contributed by atoms with Gasteiger partial charge in [-0.1, -0.05) is 41.9 Å². The van der Waals surface area contributed by atoms with Crippen LogP contribution in [0.25, 0.3) is 5.69 Å². The normalized spacial score (nSPS) is 11.2. The van der Waals surface area contributed by atoms with Gasteiger partial charge in [-0.25, -0.2) is 13.1 Å². The van der Waals surface area contributed by atoms with Gasteiger partial charge in [0.25, 0.3) is 15.9 Å². The zero-order valence-electron chi connectivity index (χ0n) is 17.7. The summed E-state index contributed by atoms with van der Waals surface area (Å²) in [6, 6.07) is 22.0. The number of anilines is 1. The standard InChI is InChI=1S/C24H21ClN4O3S/c1-28(16-18-15-26-29(17-18)22-10-3-2-4-11-22)24(30)19-7-5-12-23(13-19)33(31,32)27-21-9-6-8-20(25)14-21/h2-15,17,27H,16H2,1H3. The lowest BCUT2D eigenvalue weighted by atomic mass is 10.2. The number of aromatic nitrogens is 2. The van der Waals surface area contributed by atoms with Crippen molar-refractivity contribution in [3.05, 3.63) is 107 Å². The van der Waals surface area contributed by atoms with Crippen molar-refractivity contribution in [2.75, 3.05) is 11.8 Å². The molecule has 1 N–H and O–H groups in total. The maximum atomic E-state index is 13.0. The molecule has 4 aromatic rings. The van der Waals surface area contributed by atoms with Gasteiger partial charge in [0.05, 0.1) is 22.5 Å². The van der Waals surface area contributed by atoms with E-state index < -0.39 is 10.0 Å². The molecular formula is C24H21ClN4O3S. The predicted octanol–water partition coefficient (Wildman–Crippen LogP) is 4.60. The largest absolute Gasteiger partial charge is 0.337 e. The molecule has 168 valence electrons. The number of hydrogen-bond donors (Lipinski definition) is 1. The third-order valence-corrected chi connectivity index (χ3v) is 6.51. The summed E-state index contributed by atoms with van der Waals surface area (Å²) in [5.41, 5.74) is 2.37. The number of nitrogens with zero attached hydrogens (tertiary/aromatic N) is 3. The van der Waals surface area contributed by atoms with Gasteiger partial charge in [-0.05, 0) is 48.5 Å². The second-order valence-electron chi connectivity index (χ2n) is 7.43. The first-order chi connectivity index (χ1) is 15.8. The molecule has 33 heavy (non-hydrogen) atoms. The molecule has 0 aliphatic rings. The lowest BCUT2D eigenvalue weighted by Gasteiger charge is -2.17. The predicted molar refractivity (Wildman–Crippen MR) is 128 cm³/mol. The number of halogens is 1. The van der Waals surface area contributed by atoms with Gasteiger partial charge < -0.3 is 4.90 Å². The van der Waals surface area contributed by atoms with Crippen molar-refractivity contribution in [2.24, 2.45) is 0 Å². The lowest BCUT2D eigenvalue weighted by molar-refractivity contribution is 0.0785. The molecule has 0 saturated heterocycles. The number of benzene rings is 3. The fourth-order valence-corrected chi connectivity index (χ4v) is 4.58. The fourth-order valence-electron chi connectivity index (χ4n) is 3.29. The summed E-state index contributed by atoms with van der Waals surface area (Å²) in [6.45, 7) is 0.323. The number of hydrogen-bond acceptors (Lipinski definition) is 4. The molecule has 0 bridgehead atoms. The van der Waals surface area contributed by atoms with E-state index in [4.69, 9.17) is 11.6 Å². The van der Waals surface area contributed by atoms with Crippen molar-refractivity contribution in [1.82, 2.24) is 14.7 Å². The zero-order chi connectivity index (χ0) is 23.4. The van der Waals surface area contributed by atoms with E-state index in [1.807, 2.05) is 36.5 Å². The molecule has 3 aromatic carbocycles. The summed E-state index contributed by atoms with van der Waals surface area (Å²) in [5.74, 6) is -0.303. The van der Waals surface area contributed by atoms with Gasteiger partial charge in [-0.15, -0.1) is 0 Å². The van der Waals surface area contributed by atoms with Gasteiger partial charge in [0, 0.05) is 35.9 Å². The molecule has 0 aliphatic heterocycles. The molecule has 1 heterocycles. The van der Waals surface area contributed by atoms with Crippen LogP contribution in [0.4, 0.5) is 5.69 Å². The van der Waals surface area contributed by atoms with Crippen LogP contribution in [-0.2, 0) is 16.6 Å². The summed E-state index contributed by atoms with van der Waals surface area (Å²) >= 11 is 5.93. The summed E-state index contributed by atoms with van der Waals surface area (Å²) in [7, 11) is -2.23. The van der Waals surface area contributed by atoms with E-state index in [1.165, 1.54) is 23.1 Å². The van der Waals surface area contributed by atoms with Gasteiger partial charge in [0.15, 0.2) is 0 Å². The maximum Gasteiger partial charge on any atom is 0.261 e. The Kier molecular flexibility index (Phi) is 6.48. The van der Waals surface area contributed by atoms with Gasteiger partial charge in [-0.3, -0.25) is 9.52 Å². The number of sulfonamides is 1. The van der Waals surface area contributed by atoms with E-state index in [9.17, 15) is 13.2 Å². The van der Waals surface area contributed by atoms with Crippen LogP contribution in [0.1, 0.15) is 15.9 Å².